The number of rotatable bonds is 6. The van der Waals surface area contributed by atoms with Crippen molar-refractivity contribution in [1.82, 2.24) is 4.90 Å². The molecule has 0 unspecified atom stereocenters. The third-order valence-corrected chi connectivity index (χ3v) is 5.86. The summed E-state index contributed by atoms with van der Waals surface area (Å²) in [5.74, 6) is -0.532. The van der Waals surface area contributed by atoms with Gasteiger partial charge in [0, 0.05) is 16.8 Å². The summed E-state index contributed by atoms with van der Waals surface area (Å²) in [7, 11) is -4.52. The largest absolute Gasteiger partial charge is 0.506 e. The molecule has 0 saturated carbocycles. The maximum Gasteiger partial charge on any atom is 0.295 e. The second kappa shape index (κ2) is 11.0. The number of nitrogens with zero attached hydrogens (tertiary/aromatic N) is 3. The average Bonchev–Trinajstić information content (AvgIpc) is 2.76. The van der Waals surface area contributed by atoms with E-state index in [1.807, 2.05) is 6.92 Å². The Hall–Kier alpha value is -3.01. The van der Waals surface area contributed by atoms with Crippen molar-refractivity contribution < 1.29 is 23.2 Å². The molecule has 9 heteroatoms. The first-order valence-electron chi connectivity index (χ1n) is 10.3. The van der Waals surface area contributed by atoms with Crippen LogP contribution in [-0.2, 0) is 10.1 Å². The summed E-state index contributed by atoms with van der Waals surface area (Å²) in [6.07, 6.45) is 0. The first kappa shape index (κ1) is 25.3. The van der Waals surface area contributed by atoms with Crippen LogP contribution in [0.2, 0.25) is 0 Å². The fourth-order valence-electron chi connectivity index (χ4n) is 3.12. The molecule has 32 heavy (non-hydrogen) atoms. The molecule has 0 aliphatic rings. The highest BCUT2D eigenvalue weighted by atomic mass is 32.2. The summed E-state index contributed by atoms with van der Waals surface area (Å²) in [5, 5.41) is 28.4. The van der Waals surface area contributed by atoms with E-state index in [1.54, 1.807) is 30.3 Å². The van der Waals surface area contributed by atoms with Crippen LogP contribution in [0.5, 0.6) is 11.5 Å². The van der Waals surface area contributed by atoms with Crippen LogP contribution in [-0.4, -0.2) is 47.7 Å². The minimum atomic E-state index is -4.52. The van der Waals surface area contributed by atoms with Gasteiger partial charge in [0.15, 0.2) is 0 Å². The number of hydrogen-bond acceptors (Lipinski definition) is 7. The number of phenols is 2. The molecule has 0 bridgehead atoms. The van der Waals surface area contributed by atoms with Gasteiger partial charge in [0.2, 0.25) is 0 Å². The molecule has 0 radical (unpaired) electrons. The molecule has 0 amide bonds. The average molecular weight is 460 g/mol. The van der Waals surface area contributed by atoms with Crippen molar-refractivity contribution in [3.8, 4) is 11.5 Å². The van der Waals surface area contributed by atoms with Gasteiger partial charge in [-0.15, -0.1) is 10.2 Å². The van der Waals surface area contributed by atoms with Crippen LogP contribution in [0.15, 0.2) is 63.7 Å². The Bertz CT molecular complexity index is 1200. The van der Waals surface area contributed by atoms with E-state index in [9.17, 15) is 23.2 Å². The number of azo groups is 1. The Labute approximate surface area is 188 Å². The van der Waals surface area contributed by atoms with Crippen molar-refractivity contribution in [2.75, 3.05) is 19.6 Å². The summed E-state index contributed by atoms with van der Waals surface area (Å²) < 4.78 is 32.4. The monoisotopic (exact) mass is 459 g/mol. The summed E-state index contributed by atoms with van der Waals surface area (Å²) in [5.41, 5.74) is 1.11. The topological polar surface area (TPSA) is 123 Å². The maximum atomic E-state index is 11.5. The molecule has 8 nitrogen and oxygen atoms in total. The number of phenolic OH excluding ortho intramolecular Hbond substituents is 2. The molecule has 0 aromatic heterocycles. The Morgan fingerprint density at radius 3 is 1.97 bits per heavy atom. The van der Waals surface area contributed by atoms with E-state index in [1.165, 1.54) is 31.8 Å². The fraction of sp³-hybridized carbons (Fsp3) is 0.304. The van der Waals surface area contributed by atoms with E-state index in [-0.39, 0.29) is 22.5 Å². The Morgan fingerprint density at radius 1 is 0.844 bits per heavy atom. The molecule has 172 valence electrons. The van der Waals surface area contributed by atoms with Crippen molar-refractivity contribution in [2.45, 2.75) is 32.6 Å². The second-order valence-corrected chi connectivity index (χ2v) is 8.46. The van der Waals surface area contributed by atoms with Crippen LogP contribution < -0.4 is 0 Å². The lowest BCUT2D eigenvalue weighted by molar-refractivity contribution is 0.321. The molecule has 0 spiro atoms. The summed E-state index contributed by atoms with van der Waals surface area (Å²) in [6.45, 7) is 12.0. The fourth-order valence-corrected chi connectivity index (χ4v) is 3.84. The molecule has 0 saturated heterocycles. The van der Waals surface area contributed by atoms with Crippen LogP contribution in [0.1, 0.15) is 26.3 Å². The van der Waals surface area contributed by atoms with Crippen molar-refractivity contribution >= 4 is 32.3 Å². The van der Waals surface area contributed by atoms with E-state index < -0.39 is 20.8 Å². The van der Waals surface area contributed by atoms with Gasteiger partial charge in [0.1, 0.15) is 27.8 Å². The second-order valence-electron chi connectivity index (χ2n) is 7.07. The molecular weight excluding hydrogens is 430 g/mol. The zero-order valence-corrected chi connectivity index (χ0v) is 19.5. The smallest absolute Gasteiger partial charge is 0.295 e. The molecule has 0 fully saturated rings. The number of benzene rings is 3. The van der Waals surface area contributed by atoms with Crippen molar-refractivity contribution in [3.05, 3.63) is 54.1 Å². The highest BCUT2D eigenvalue weighted by Crippen LogP contribution is 2.40. The number of fused-ring (bicyclic) bond motifs is 1. The first-order chi connectivity index (χ1) is 15.1. The molecule has 0 aliphatic carbocycles. The highest BCUT2D eigenvalue weighted by Gasteiger charge is 2.19. The van der Waals surface area contributed by atoms with Crippen LogP contribution in [0, 0.1) is 6.92 Å². The first-order valence-corrected chi connectivity index (χ1v) is 11.7. The standard InChI is InChI=1S/C17H14N2O5S.C6H15N/c1-10-6-7-14(20)13(8-10)18-19-17-12-5-3-2-4-11(12)16(9-15(17)21)25(22,23)24;1-4-7(5-2)6-3/h2-9,20-21H,1H3,(H,22,23,24);4-6H2,1-3H3. The molecule has 0 aliphatic heterocycles. The van der Waals surface area contributed by atoms with Gasteiger partial charge in [-0.05, 0) is 44.3 Å². The molecule has 0 atom stereocenters. The lowest BCUT2D eigenvalue weighted by Gasteiger charge is -2.13. The molecular formula is C23H29N3O5S. The van der Waals surface area contributed by atoms with Crippen molar-refractivity contribution in [2.24, 2.45) is 10.2 Å². The van der Waals surface area contributed by atoms with Gasteiger partial charge in [-0.3, -0.25) is 4.55 Å². The highest BCUT2D eigenvalue weighted by molar-refractivity contribution is 7.86. The lowest BCUT2D eigenvalue weighted by atomic mass is 10.1. The van der Waals surface area contributed by atoms with Gasteiger partial charge >= 0.3 is 0 Å². The Balaban J connectivity index is 0.000000451. The Kier molecular flexibility index (Phi) is 8.71. The van der Waals surface area contributed by atoms with E-state index in [0.29, 0.717) is 5.39 Å². The quantitative estimate of drug-likeness (QED) is 0.327. The predicted molar refractivity (Wildman–Crippen MR) is 126 cm³/mol. The van der Waals surface area contributed by atoms with Gasteiger partial charge in [-0.1, -0.05) is 51.1 Å². The van der Waals surface area contributed by atoms with Gasteiger partial charge in [-0.25, -0.2) is 0 Å². The summed E-state index contributed by atoms with van der Waals surface area (Å²) in [6, 6.07) is 12.0. The number of hydrogen-bond donors (Lipinski definition) is 3. The van der Waals surface area contributed by atoms with Crippen molar-refractivity contribution in [3.63, 3.8) is 0 Å². The summed E-state index contributed by atoms with van der Waals surface area (Å²) in [4.78, 5) is 1.96. The SMILES string of the molecule is CCN(CC)CC.Cc1ccc(O)c(N=Nc2c(O)cc(S(=O)(=O)O)c3ccccc23)c1. The van der Waals surface area contributed by atoms with E-state index in [4.69, 9.17) is 0 Å². The normalized spacial score (nSPS) is 11.7. The minimum Gasteiger partial charge on any atom is -0.506 e. The van der Waals surface area contributed by atoms with Crippen molar-refractivity contribution in [1.29, 1.82) is 0 Å². The summed E-state index contributed by atoms with van der Waals surface area (Å²) >= 11 is 0. The van der Waals surface area contributed by atoms with E-state index in [2.05, 4.69) is 35.9 Å². The Morgan fingerprint density at radius 2 is 1.44 bits per heavy atom. The maximum absolute atomic E-state index is 11.5. The zero-order valence-electron chi connectivity index (χ0n) is 18.6. The van der Waals surface area contributed by atoms with E-state index in [0.717, 1.165) is 11.6 Å². The lowest BCUT2D eigenvalue weighted by Crippen LogP contribution is -2.21. The van der Waals surface area contributed by atoms with Gasteiger partial charge < -0.3 is 15.1 Å². The van der Waals surface area contributed by atoms with Gasteiger partial charge in [-0.2, -0.15) is 8.42 Å². The van der Waals surface area contributed by atoms with Crippen LogP contribution in [0.3, 0.4) is 0 Å². The minimum absolute atomic E-state index is 0.0314. The molecule has 3 aromatic carbocycles. The van der Waals surface area contributed by atoms with Gasteiger partial charge in [0.05, 0.1) is 0 Å². The molecule has 3 aromatic rings. The third-order valence-electron chi connectivity index (χ3n) is 4.97. The van der Waals surface area contributed by atoms with Crippen LogP contribution >= 0.6 is 0 Å². The molecule has 3 N–H and O–H groups in total. The zero-order chi connectivity index (χ0) is 23.9. The molecule has 0 heterocycles. The predicted octanol–water partition coefficient (Wildman–Crippen LogP) is 5.57. The van der Waals surface area contributed by atoms with Crippen LogP contribution in [0.4, 0.5) is 11.4 Å². The number of aryl methyl sites for hydroxylation is 1. The number of aromatic hydroxyl groups is 2. The van der Waals surface area contributed by atoms with Crippen LogP contribution in [0.25, 0.3) is 10.8 Å². The van der Waals surface area contributed by atoms with E-state index >= 15 is 0 Å². The van der Waals surface area contributed by atoms with Gasteiger partial charge in [0.25, 0.3) is 10.1 Å². The third kappa shape index (κ3) is 6.25. The molecule has 3 rings (SSSR count).